The van der Waals surface area contributed by atoms with Crippen molar-refractivity contribution in [3.8, 4) is 0 Å². The highest BCUT2D eigenvalue weighted by atomic mass is 19.1. The van der Waals surface area contributed by atoms with Gasteiger partial charge < -0.3 is 11.1 Å². The Morgan fingerprint density at radius 3 is 2.93 bits per heavy atom. The van der Waals surface area contributed by atoms with Crippen LogP contribution >= 0.6 is 0 Å². The molecule has 0 saturated heterocycles. The first-order valence-corrected chi connectivity index (χ1v) is 5.30. The van der Waals surface area contributed by atoms with Crippen molar-refractivity contribution in [1.82, 2.24) is 4.98 Å². The number of hydrogen-bond acceptors (Lipinski definition) is 3. The first kappa shape index (κ1) is 10.4. The molecule has 1 saturated carbocycles. The minimum Gasteiger partial charge on any atom is -0.367 e. The molecule has 1 aliphatic carbocycles. The van der Waals surface area contributed by atoms with Gasteiger partial charge in [-0.25, -0.2) is 9.37 Å². The summed E-state index contributed by atoms with van der Waals surface area (Å²) in [4.78, 5) is 3.95. The van der Waals surface area contributed by atoms with E-state index in [-0.39, 0.29) is 5.82 Å². The van der Waals surface area contributed by atoms with Gasteiger partial charge in [-0.2, -0.15) is 0 Å². The van der Waals surface area contributed by atoms with E-state index in [0.29, 0.717) is 17.8 Å². The summed E-state index contributed by atoms with van der Waals surface area (Å²) >= 11 is 0. The molecule has 0 radical (unpaired) electrons. The van der Waals surface area contributed by atoms with Crippen LogP contribution in [0.1, 0.15) is 19.3 Å². The molecule has 1 aromatic rings. The number of nitrogens with two attached hydrogens (primary N) is 1. The zero-order valence-electron chi connectivity index (χ0n) is 8.67. The van der Waals surface area contributed by atoms with Crippen molar-refractivity contribution in [3.05, 3.63) is 24.1 Å². The Kier molecular flexibility index (Phi) is 2.86. The molecule has 1 heterocycles. The maximum Gasteiger partial charge on any atom is 0.165 e. The Morgan fingerprint density at radius 2 is 2.33 bits per heavy atom. The Hall–Kier alpha value is -1.16. The van der Waals surface area contributed by atoms with Crippen LogP contribution in [0.4, 0.5) is 10.2 Å². The minimum absolute atomic E-state index is 0.291. The molecular weight excluding hydrogens is 193 g/mol. The molecule has 0 aliphatic heterocycles. The van der Waals surface area contributed by atoms with Crippen LogP contribution in [0.2, 0.25) is 0 Å². The van der Waals surface area contributed by atoms with E-state index < -0.39 is 0 Å². The third kappa shape index (κ3) is 2.45. The molecule has 4 heteroatoms. The van der Waals surface area contributed by atoms with Crippen LogP contribution in [0.15, 0.2) is 18.3 Å². The second kappa shape index (κ2) is 4.14. The van der Waals surface area contributed by atoms with E-state index in [1.807, 2.05) is 0 Å². The van der Waals surface area contributed by atoms with Crippen molar-refractivity contribution in [2.75, 3.05) is 18.4 Å². The van der Waals surface area contributed by atoms with Gasteiger partial charge in [0, 0.05) is 12.7 Å². The topological polar surface area (TPSA) is 50.9 Å². The molecule has 2 rings (SSSR count). The summed E-state index contributed by atoms with van der Waals surface area (Å²) in [5, 5.41) is 3.06. The molecule has 0 unspecified atom stereocenters. The third-order valence-corrected chi connectivity index (χ3v) is 3.02. The van der Waals surface area contributed by atoms with Gasteiger partial charge in [-0.05, 0) is 43.4 Å². The second-order valence-corrected chi connectivity index (χ2v) is 4.23. The van der Waals surface area contributed by atoms with Crippen LogP contribution in [0.3, 0.4) is 0 Å². The highest BCUT2D eigenvalue weighted by molar-refractivity contribution is 5.36. The lowest BCUT2D eigenvalue weighted by Gasteiger charge is -2.15. The summed E-state index contributed by atoms with van der Waals surface area (Å²) in [6, 6.07) is 3.01. The number of anilines is 1. The Balaban J connectivity index is 1.91. The number of hydrogen-bond donors (Lipinski definition) is 2. The number of aromatic nitrogens is 1. The van der Waals surface area contributed by atoms with Crippen LogP contribution in [-0.4, -0.2) is 18.1 Å². The van der Waals surface area contributed by atoms with E-state index in [4.69, 9.17) is 5.73 Å². The van der Waals surface area contributed by atoms with E-state index in [2.05, 4.69) is 10.3 Å². The molecule has 1 aliphatic rings. The summed E-state index contributed by atoms with van der Waals surface area (Å²) in [5.74, 6) is 0.0573. The molecule has 3 N–H and O–H groups in total. The molecule has 0 aromatic carbocycles. The Labute approximate surface area is 88.9 Å². The maximum absolute atomic E-state index is 13.2. The molecule has 0 atom stereocenters. The second-order valence-electron chi connectivity index (χ2n) is 4.23. The van der Waals surface area contributed by atoms with Crippen molar-refractivity contribution in [3.63, 3.8) is 0 Å². The molecule has 0 spiro atoms. The van der Waals surface area contributed by atoms with E-state index in [1.165, 1.54) is 18.9 Å². The predicted molar refractivity (Wildman–Crippen MR) is 58.0 cm³/mol. The van der Waals surface area contributed by atoms with Gasteiger partial charge in [0.25, 0.3) is 0 Å². The van der Waals surface area contributed by atoms with Gasteiger partial charge >= 0.3 is 0 Å². The summed E-state index contributed by atoms with van der Waals surface area (Å²) in [6.07, 6.45) is 4.97. The molecular formula is C11H16FN3. The van der Waals surface area contributed by atoms with Crippen molar-refractivity contribution in [2.45, 2.75) is 19.3 Å². The largest absolute Gasteiger partial charge is 0.367 e. The van der Waals surface area contributed by atoms with Gasteiger partial charge in [0.1, 0.15) is 0 Å². The zero-order valence-corrected chi connectivity index (χ0v) is 8.67. The first-order chi connectivity index (χ1) is 7.26. The van der Waals surface area contributed by atoms with Crippen molar-refractivity contribution >= 4 is 5.82 Å². The lowest BCUT2D eigenvalue weighted by atomic mass is 10.0. The standard InChI is InChI=1S/C11H16FN3/c12-9-2-1-7-14-10(9)15-8-11(3-4-11)5-6-13/h1-2,7H,3-6,8,13H2,(H,14,15). The van der Waals surface area contributed by atoms with Gasteiger partial charge in [-0.1, -0.05) is 0 Å². The molecule has 15 heavy (non-hydrogen) atoms. The number of nitrogens with zero attached hydrogens (tertiary/aromatic N) is 1. The summed E-state index contributed by atoms with van der Waals surface area (Å²) in [7, 11) is 0. The average Bonchev–Trinajstić information content (AvgIpc) is 2.98. The summed E-state index contributed by atoms with van der Waals surface area (Å²) in [6.45, 7) is 1.48. The molecule has 1 fully saturated rings. The van der Waals surface area contributed by atoms with E-state index in [1.54, 1.807) is 12.3 Å². The minimum atomic E-state index is -0.291. The van der Waals surface area contributed by atoms with Crippen LogP contribution in [0.25, 0.3) is 0 Å². The number of pyridine rings is 1. The summed E-state index contributed by atoms with van der Waals surface area (Å²) in [5.41, 5.74) is 5.84. The lowest BCUT2D eigenvalue weighted by Crippen LogP contribution is -2.20. The first-order valence-electron chi connectivity index (χ1n) is 5.30. The van der Waals surface area contributed by atoms with Crippen LogP contribution in [0, 0.1) is 11.2 Å². The predicted octanol–water partition coefficient (Wildman–Crippen LogP) is 1.76. The van der Waals surface area contributed by atoms with Gasteiger partial charge in [-0.3, -0.25) is 0 Å². The lowest BCUT2D eigenvalue weighted by molar-refractivity contribution is 0.498. The van der Waals surface area contributed by atoms with Crippen LogP contribution in [0.5, 0.6) is 0 Å². The van der Waals surface area contributed by atoms with Gasteiger partial charge in [0.15, 0.2) is 11.6 Å². The molecule has 82 valence electrons. The Bertz CT molecular complexity index is 336. The van der Waals surface area contributed by atoms with Crippen LogP contribution < -0.4 is 11.1 Å². The van der Waals surface area contributed by atoms with Gasteiger partial charge in [0.2, 0.25) is 0 Å². The maximum atomic E-state index is 13.2. The fourth-order valence-electron chi connectivity index (χ4n) is 1.79. The SMILES string of the molecule is NCCC1(CNc2ncccc2F)CC1. The number of rotatable bonds is 5. The van der Waals surface area contributed by atoms with E-state index in [0.717, 1.165) is 13.0 Å². The van der Waals surface area contributed by atoms with Crippen molar-refractivity contribution in [2.24, 2.45) is 11.1 Å². The molecule has 1 aromatic heterocycles. The quantitative estimate of drug-likeness (QED) is 0.777. The molecule has 3 nitrogen and oxygen atoms in total. The highest BCUT2D eigenvalue weighted by Crippen LogP contribution is 2.48. The highest BCUT2D eigenvalue weighted by Gasteiger charge is 2.41. The van der Waals surface area contributed by atoms with Gasteiger partial charge in [-0.15, -0.1) is 0 Å². The van der Waals surface area contributed by atoms with E-state index >= 15 is 0 Å². The molecule has 0 bridgehead atoms. The smallest absolute Gasteiger partial charge is 0.165 e. The van der Waals surface area contributed by atoms with Crippen LogP contribution in [-0.2, 0) is 0 Å². The number of nitrogens with one attached hydrogen (secondary N) is 1. The Morgan fingerprint density at radius 1 is 1.53 bits per heavy atom. The zero-order chi connectivity index (χ0) is 10.7. The van der Waals surface area contributed by atoms with E-state index in [9.17, 15) is 4.39 Å². The normalized spacial score (nSPS) is 17.5. The average molecular weight is 209 g/mol. The third-order valence-electron chi connectivity index (χ3n) is 3.02. The molecule has 0 amide bonds. The number of halogens is 1. The fourth-order valence-corrected chi connectivity index (χ4v) is 1.79. The van der Waals surface area contributed by atoms with Crippen molar-refractivity contribution < 1.29 is 4.39 Å². The monoisotopic (exact) mass is 209 g/mol. The summed E-state index contributed by atoms with van der Waals surface area (Å²) < 4.78 is 13.2. The van der Waals surface area contributed by atoms with Crippen molar-refractivity contribution in [1.29, 1.82) is 0 Å². The fraction of sp³-hybridized carbons (Fsp3) is 0.545. The van der Waals surface area contributed by atoms with Gasteiger partial charge in [0.05, 0.1) is 0 Å².